The molecule has 0 bridgehead atoms. The number of hydrogen-bond acceptors (Lipinski definition) is 6. The molecule has 0 radical (unpaired) electrons. The number of halogens is 7. The number of hydrogen-bond donors (Lipinski definition) is 1. The molecule has 2 heterocycles. The first-order chi connectivity index (χ1) is 16.5. The molecular formula is C21H13BrF6N6S. The average Bonchev–Trinajstić information content (AvgIpc) is 3.48. The Morgan fingerprint density at radius 2 is 1.66 bits per heavy atom. The van der Waals surface area contributed by atoms with Gasteiger partial charge in [0.15, 0.2) is 0 Å². The van der Waals surface area contributed by atoms with Crippen LogP contribution in [0.5, 0.6) is 0 Å². The zero-order chi connectivity index (χ0) is 25.2. The van der Waals surface area contributed by atoms with Crippen LogP contribution in [0.3, 0.4) is 0 Å². The number of rotatable bonds is 6. The summed E-state index contributed by atoms with van der Waals surface area (Å²) in [5, 5.41) is 9.92. The molecule has 0 amide bonds. The van der Waals surface area contributed by atoms with E-state index in [1.54, 1.807) is 0 Å². The summed E-state index contributed by atoms with van der Waals surface area (Å²) in [4.78, 5) is 8.01. The van der Waals surface area contributed by atoms with Crippen molar-refractivity contribution in [2.45, 2.75) is 18.9 Å². The fourth-order valence-electron chi connectivity index (χ4n) is 2.98. The molecule has 0 unspecified atom stereocenters. The largest absolute Gasteiger partial charge is 0.416 e. The van der Waals surface area contributed by atoms with E-state index in [0.717, 1.165) is 21.4 Å². The molecule has 1 N–H and O–H groups in total. The van der Waals surface area contributed by atoms with Gasteiger partial charge in [-0.3, -0.25) is 5.43 Å². The van der Waals surface area contributed by atoms with Crippen molar-refractivity contribution < 1.29 is 26.3 Å². The zero-order valence-corrected chi connectivity index (χ0v) is 19.7. The minimum Gasteiger partial charge on any atom is -0.252 e. The van der Waals surface area contributed by atoms with E-state index in [1.165, 1.54) is 22.7 Å². The third-order valence-electron chi connectivity index (χ3n) is 4.63. The summed E-state index contributed by atoms with van der Waals surface area (Å²) in [5.74, 6) is 0. The first kappa shape index (κ1) is 24.9. The zero-order valence-electron chi connectivity index (χ0n) is 17.3. The van der Waals surface area contributed by atoms with Gasteiger partial charge >= 0.3 is 12.4 Å². The molecule has 0 saturated heterocycles. The lowest BCUT2D eigenvalue weighted by Gasteiger charge is -2.13. The number of aromatic nitrogens is 4. The Morgan fingerprint density at radius 3 is 2.23 bits per heavy atom. The van der Waals surface area contributed by atoms with Crippen molar-refractivity contribution in [1.82, 2.24) is 19.7 Å². The van der Waals surface area contributed by atoms with Crippen LogP contribution in [0.2, 0.25) is 0 Å². The Morgan fingerprint density at radius 1 is 1.00 bits per heavy atom. The van der Waals surface area contributed by atoms with Crippen LogP contribution in [0.15, 0.2) is 70.1 Å². The van der Waals surface area contributed by atoms with Crippen LogP contribution in [0.25, 0.3) is 11.3 Å². The van der Waals surface area contributed by atoms with Gasteiger partial charge in [0.05, 0.1) is 29.1 Å². The highest BCUT2D eigenvalue weighted by Crippen LogP contribution is 2.39. The molecular weight excluding hydrogens is 562 g/mol. The van der Waals surface area contributed by atoms with Crippen molar-refractivity contribution in [3.8, 4) is 11.3 Å². The second-order valence-corrected chi connectivity index (χ2v) is 8.88. The number of nitrogens with one attached hydrogen (secondary N) is 1. The Bertz CT molecular complexity index is 1300. The summed E-state index contributed by atoms with van der Waals surface area (Å²) in [6, 6.07) is 8.61. The molecule has 2 aromatic carbocycles. The van der Waals surface area contributed by atoms with Crippen molar-refractivity contribution in [2.75, 3.05) is 5.43 Å². The van der Waals surface area contributed by atoms with Crippen LogP contribution < -0.4 is 5.43 Å². The van der Waals surface area contributed by atoms with Crippen LogP contribution >= 0.6 is 27.3 Å². The lowest BCUT2D eigenvalue weighted by Crippen LogP contribution is -2.14. The van der Waals surface area contributed by atoms with E-state index < -0.39 is 23.5 Å². The highest BCUT2D eigenvalue weighted by molar-refractivity contribution is 9.10. The van der Waals surface area contributed by atoms with Gasteiger partial charge in [0.1, 0.15) is 12.7 Å². The van der Waals surface area contributed by atoms with Gasteiger partial charge in [0.25, 0.3) is 0 Å². The predicted molar refractivity (Wildman–Crippen MR) is 122 cm³/mol. The highest BCUT2D eigenvalue weighted by atomic mass is 79.9. The summed E-state index contributed by atoms with van der Waals surface area (Å²) >= 11 is 4.34. The average molecular weight is 575 g/mol. The number of thiazole rings is 1. The van der Waals surface area contributed by atoms with Gasteiger partial charge in [0.2, 0.25) is 5.13 Å². The lowest BCUT2D eigenvalue weighted by molar-refractivity contribution is -0.143. The van der Waals surface area contributed by atoms with Crippen LogP contribution in [0.4, 0.5) is 31.5 Å². The summed E-state index contributed by atoms with van der Waals surface area (Å²) in [5.41, 5.74) is 0.841. The van der Waals surface area contributed by atoms with Crippen molar-refractivity contribution in [1.29, 1.82) is 0 Å². The number of hydrazone groups is 1. The summed E-state index contributed by atoms with van der Waals surface area (Å²) in [7, 11) is 0. The third kappa shape index (κ3) is 6.25. The van der Waals surface area contributed by atoms with Crippen LogP contribution in [-0.2, 0) is 18.9 Å². The molecule has 0 aliphatic rings. The maximum absolute atomic E-state index is 13.2. The van der Waals surface area contributed by atoms with Crippen molar-refractivity contribution in [2.24, 2.45) is 5.10 Å². The standard InChI is InChI=1S/C21H13BrF6N6S/c22-16-3-1-12(2-4-16)17(8-34-11-29-10-30-34)32-33-19-31-18(9-35-19)13-5-14(20(23,24)25)7-15(6-13)21(26,27)28/h1-7,9-11H,8H2,(H,31,33)/b32-17-. The van der Waals surface area contributed by atoms with Crippen molar-refractivity contribution in [3.63, 3.8) is 0 Å². The molecule has 35 heavy (non-hydrogen) atoms. The quantitative estimate of drug-likeness (QED) is 0.158. The van der Waals surface area contributed by atoms with E-state index in [0.29, 0.717) is 17.8 Å². The molecule has 14 heteroatoms. The monoisotopic (exact) mass is 574 g/mol. The minimum absolute atomic E-state index is 0.0502. The van der Waals surface area contributed by atoms with E-state index in [4.69, 9.17) is 0 Å². The van der Waals surface area contributed by atoms with E-state index in [9.17, 15) is 26.3 Å². The van der Waals surface area contributed by atoms with Gasteiger partial charge in [-0.1, -0.05) is 28.1 Å². The van der Waals surface area contributed by atoms with E-state index in [2.05, 4.69) is 41.5 Å². The molecule has 0 aliphatic heterocycles. The normalized spacial score (nSPS) is 12.7. The Hall–Kier alpha value is -3.26. The summed E-state index contributed by atoms with van der Waals surface area (Å²) in [6.45, 7) is 0.245. The van der Waals surface area contributed by atoms with Crippen LogP contribution in [0.1, 0.15) is 16.7 Å². The first-order valence-electron chi connectivity index (χ1n) is 9.65. The van der Waals surface area contributed by atoms with Gasteiger partial charge in [-0.15, -0.1) is 11.3 Å². The molecule has 4 rings (SSSR count). The van der Waals surface area contributed by atoms with E-state index >= 15 is 0 Å². The Kier molecular flexibility index (Phi) is 6.94. The first-order valence-corrected chi connectivity index (χ1v) is 11.3. The molecule has 2 aromatic heterocycles. The Balaban J connectivity index is 1.64. The van der Waals surface area contributed by atoms with Crippen LogP contribution in [-0.4, -0.2) is 25.5 Å². The van der Waals surface area contributed by atoms with Gasteiger partial charge in [-0.05, 0) is 35.9 Å². The van der Waals surface area contributed by atoms with Gasteiger partial charge in [-0.25, -0.2) is 14.6 Å². The topological polar surface area (TPSA) is 68.0 Å². The molecule has 0 fully saturated rings. The maximum atomic E-state index is 13.2. The second-order valence-electron chi connectivity index (χ2n) is 7.10. The fourth-order valence-corrected chi connectivity index (χ4v) is 3.90. The molecule has 0 atom stereocenters. The highest BCUT2D eigenvalue weighted by Gasteiger charge is 2.37. The van der Waals surface area contributed by atoms with E-state index in [-0.39, 0.29) is 29.0 Å². The van der Waals surface area contributed by atoms with Crippen LogP contribution in [0, 0.1) is 0 Å². The maximum Gasteiger partial charge on any atom is 0.416 e. The molecule has 4 aromatic rings. The number of alkyl halides is 6. The Labute approximate surface area is 206 Å². The van der Waals surface area contributed by atoms with Gasteiger partial charge in [-0.2, -0.15) is 36.5 Å². The SMILES string of the molecule is FC(F)(F)c1cc(-c2csc(N/N=C(/Cn3cncn3)c3ccc(Br)cc3)n2)cc(C(F)(F)F)c1. The predicted octanol–water partition coefficient (Wildman–Crippen LogP) is 6.72. The second kappa shape index (κ2) is 9.77. The van der Waals surface area contributed by atoms with Crippen molar-refractivity contribution >= 4 is 38.1 Å². The van der Waals surface area contributed by atoms with Gasteiger partial charge < -0.3 is 0 Å². The summed E-state index contributed by atoms with van der Waals surface area (Å²) < 4.78 is 81.5. The lowest BCUT2D eigenvalue weighted by atomic mass is 10.0. The molecule has 0 spiro atoms. The van der Waals surface area contributed by atoms with E-state index in [1.807, 2.05) is 24.3 Å². The van der Waals surface area contributed by atoms with Crippen molar-refractivity contribution in [3.05, 3.63) is 81.7 Å². The molecule has 0 aliphatic carbocycles. The molecule has 6 nitrogen and oxygen atoms in total. The minimum atomic E-state index is -4.95. The third-order valence-corrected chi connectivity index (χ3v) is 5.91. The number of benzene rings is 2. The smallest absolute Gasteiger partial charge is 0.252 e. The summed E-state index contributed by atoms with van der Waals surface area (Å²) in [6.07, 6.45) is -7.03. The molecule has 182 valence electrons. The van der Waals surface area contributed by atoms with Gasteiger partial charge in [0, 0.05) is 15.4 Å². The number of anilines is 1. The fraction of sp³-hybridized carbons (Fsp3) is 0.143. The number of nitrogens with zero attached hydrogens (tertiary/aromatic N) is 5. The molecule has 0 saturated carbocycles.